The molecule has 0 fully saturated rings. The van der Waals surface area contributed by atoms with Crippen LogP contribution >= 0.6 is 0 Å². The molecule has 0 saturated carbocycles. The van der Waals surface area contributed by atoms with Gasteiger partial charge in [-0.05, 0) is 32.8 Å². The van der Waals surface area contributed by atoms with Gasteiger partial charge in [0.05, 0.1) is 13.2 Å². The number of ether oxygens (including phenoxy) is 3. The summed E-state index contributed by atoms with van der Waals surface area (Å²) >= 11 is 0. The van der Waals surface area contributed by atoms with Gasteiger partial charge in [0, 0.05) is 0 Å². The number of hydrogen-bond donors (Lipinski definition) is 0. The first-order valence-electron chi connectivity index (χ1n) is 7.32. The van der Waals surface area contributed by atoms with Crippen LogP contribution in [0.2, 0.25) is 0 Å². The van der Waals surface area contributed by atoms with Gasteiger partial charge in [0.15, 0.2) is 0 Å². The molecule has 0 N–H and O–H groups in total. The van der Waals surface area contributed by atoms with E-state index in [0.29, 0.717) is 6.42 Å². The number of esters is 3. The maximum absolute atomic E-state index is 11.7. The van der Waals surface area contributed by atoms with Crippen LogP contribution in [0.4, 0.5) is 0 Å². The summed E-state index contributed by atoms with van der Waals surface area (Å²) in [5.74, 6) is -3.36. The summed E-state index contributed by atoms with van der Waals surface area (Å²) in [7, 11) is 0. The molecule has 0 bridgehead atoms. The Bertz CT molecular complexity index is 372. The Morgan fingerprint density at radius 3 is 2.00 bits per heavy atom. The lowest BCUT2D eigenvalue weighted by atomic mass is 10.1. The van der Waals surface area contributed by atoms with E-state index in [2.05, 4.69) is 11.7 Å². The largest absolute Gasteiger partial charge is 0.460 e. The fourth-order valence-electron chi connectivity index (χ4n) is 1.50. The molecule has 0 aromatic carbocycles. The summed E-state index contributed by atoms with van der Waals surface area (Å²) in [5, 5.41) is 0. The molecular formula is C15H24O6. The topological polar surface area (TPSA) is 78.9 Å². The molecule has 21 heavy (non-hydrogen) atoms. The van der Waals surface area contributed by atoms with E-state index >= 15 is 0 Å². The summed E-state index contributed by atoms with van der Waals surface area (Å²) in [4.78, 5) is 34.3. The van der Waals surface area contributed by atoms with Gasteiger partial charge in [-0.15, -0.1) is 0 Å². The van der Waals surface area contributed by atoms with Gasteiger partial charge in [-0.3, -0.25) is 0 Å². The van der Waals surface area contributed by atoms with Gasteiger partial charge >= 0.3 is 17.9 Å². The predicted octanol–water partition coefficient (Wildman–Crippen LogP) is 2.51. The van der Waals surface area contributed by atoms with Crippen LogP contribution < -0.4 is 0 Å². The minimum atomic E-state index is -1.22. The normalized spacial score (nSPS) is 10.9. The van der Waals surface area contributed by atoms with Gasteiger partial charge in [-0.2, -0.15) is 0 Å². The summed E-state index contributed by atoms with van der Waals surface area (Å²) in [6.07, 6.45) is 6.15. The van der Waals surface area contributed by atoms with E-state index in [0.717, 1.165) is 25.7 Å². The molecule has 0 aliphatic rings. The molecule has 0 atom stereocenters. The third-order valence-electron chi connectivity index (χ3n) is 2.51. The zero-order chi connectivity index (χ0) is 16.1. The lowest BCUT2D eigenvalue weighted by Gasteiger charge is -2.07. The first-order chi connectivity index (χ1) is 10.1. The molecule has 0 spiro atoms. The van der Waals surface area contributed by atoms with E-state index in [1.165, 1.54) is 6.08 Å². The van der Waals surface area contributed by atoms with Crippen molar-refractivity contribution in [3.05, 3.63) is 11.8 Å². The van der Waals surface area contributed by atoms with E-state index in [1.807, 2.05) is 0 Å². The van der Waals surface area contributed by atoms with Crippen LogP contribution in [-0.4, -0.2) is 31.1 Å². The molecule has 6 nitrogen and oxygen atoms in total. The molecule has 0 rings (SSSR count). The van der Waals surface area contributed by atoms with Crippen molar-refractivity contribution >= 4 is 17.9 Å². The predicted molar refractivity (Wildman–Crippen MR) is 76.2 cm³/mol. The van der Waals surface area contributed by atoms with Gasteiger partial charge in [-0.1, -0.05) is 26.2 Å². The highest BCUT2D eigenvalue weighted by Gasteiger charge is 2.23. The lowest BCUT2D eigenvalue weighted by molar-refractivity contribution is -0.167. The average Bonchev–Trinajstić information content (AvgIpc) is 2.46. The quantitative estimate of drug-likeness (QED) is 0.163. The third kappa shape index (κ3) is 8.83. The van der Waals surface area contributed by atoms with Crippen LogP contribution in [0.5, 0.6) is 0 Å². The molecule has 0 unspecified atom stereocenters. The Labute approximate surface area is 125 Å². The van der Waals surface area contributed by atoms with Gasteiger partial charge in [0.1, 0.15) is 0 Å². The van der Waals surface area contributed by atoms with E-state index in [9.17, 15) is 14.4 Å². The third-order valence-corrected chi connectivity index (χ3v) is 2.51. The highest BCUT2D eigenvalue weighted by molar-refractivity contribution is 6.30. The molecule has 0 saturated heterocycles. The molecule has 0 aromatic rings. The zero-order valence-electron chi connectivity index (χ0n) is 13.0. The van der Waals surface area contributed by atoms with Gasteiger partial charge < -0.3 is 14.2 Å². The van der Waals surface area contributed by atoms with E-state index in [4.69, 9.17) is 9.47 Å². The second-order valence-corrected chi connectivity index (χ2v) is 4.25. The van der Waals surface area contributed by atoms with Crippen molar-refractivity contribution < 1.29 is 28.6 Å². The van der Waals surface area contributed by atoms with Gasteiger partial charge in [-0.25, -0.2) is 14.4 Å². The number of rotatable bonds is 9. The maximum atomic E-state index is 11.7. The minimum absolute atomic E-state index is 0.0589. The van der Waals surface area contributed by atoms with Crippen LogP contribution in [0.1, 0.15) is 52.9 Å². The van der Waals surface area contributed by atoms with E-state index in [1.54, 1.807) is 13.8 Å². The van der Waals surface area contributed by atoms with E-state index in [-0.39, 0.29) is 19.0 Å². The molecule has 0 aromatic heterocycles. The van der Waals surface area contributed by atoms with Crippen molar-refractivity contribution in [2.45, 2.75) is 52.9 Å². The fraction of sp³-hybridized carbons (Fsp3) is 0.667. The van der Waals surface area contributed by atoms with Crippen molar-refractivity contribution in [1.82, 2.24) is 0 Å². The maximum Gasteiger partial charge on any atom is 0.423 e. The fourth-order valence-corrected chi connectivity index (χ4v) is 1.50. The van der Waals surface area contributed by atoms with Crippen molar-refractivity contribution in [3.63, 3.8) is 0 Å². The Hall–Kier alpha value is -1.85. The van der Waals surface area contributed by atoms with Crippen molar-refractivity contribution in [1.29, 1.82) is 0 Å². The standard InChI is InChI=1S/C15H24O6/c1-4-7-8-9-10-11-12(13(16)19-5-2)21-15(18)14(17)20-6-3/h11H,4-10H2,1-3H3/b12-11+. The number of carbonyl (C=O) groups is 3. The minimum Gasteiger partial charge on any atom is -0.460 e. The molecule has 0 amide bonds. The summed E-state index contributed by atoms with van der Waals surface area (Å²) in [5.41, 5.74) is 0. The Kier molecular flexibility index (Phi) is 10.9. The monoisotopic (exact) mass is 300 g/mol. The van der Waals surface area contributed by atoms with Crippen molar-refractivity contribution in [2.75, 3.05) is 13.2 Å². The summed E-state index contributed by atoms with van der Waals surface area (Å²) < 4.78 is 14.1. The highest BCUT2D eigenvalue weighted by Crippen LogP contribution is 2.09. The van der Waals surface area contributed by atoms with Gasteiger partial charge in [0.25, 0.3) is 0 Å². The van der Waals surface area contributed by atoms with Crippen LogP contribution in [0.15, 0.2) is 11.8 Å². The van der Waals surface area contributed by atoms with Crippen molar-refractivity contribution in [3.8, 4) is 0 Å². The zero-order valence-corrected chi connectivity index (χ0v) is 13.0. The first kappa shape index (κ1) is 19.1. The molecule has 0 heterocycles. The SMILES string of the molecule is CCCCCC/C=C(/OC(=O)C(=O)OCC)C(=O)OCC. The summed E-state index contributed by atoms with van der Waals surface area (Å²) in [6, 6.07) is 0. The molecule has 6 heteroatoms. The molecule has 0 aliphatic heterocycles. The van der Waals surface area contributed by atoms with Crippen LogP contribution in [0.25, 0.3) is 0 Å². The van der Waals surface area contributed by atoms with Crippen LogP contribution in [0, 0.1) is 0 Å². The molecule has 0 aliphatic carbocycles. The lowest BCUT2D eigenvalue weighted by Crippen LogP contribution is -2.23. The Morgan fingerprint density at radius 2 is 1.43 bits per heavy atom. The first-order valence-corrected chi connectivity index (χ1v) is 7.32. The number of allylic oxidation sites excluding steroid dienone is 1. The van der Waals surface area contributed by atoms with Crippen LogP contribution in [-0.2, 0) is 28.6 Å². The van der Waals surface area contributed by atoms with Gasteiger partial charge in [0.2, 0.25) is 5.76 Å². The van der Waals surface area contributed by atoms with Crippen LogP contribution in [0.3, 0.4) is 0 Å². The second kappa shape index (κ2) is 11.9. The number of unbranched alkanes of at least 4 members (excludes halogenated alkanes) is 4. The Balaban J connectivity index is 4.58. The second-order valence-electron chi connectivity index (χ2n) is 4.25. The molecular weight excluding hydrogens is 276 g/mol. The summed E-state index contributed by atoms with van der Waals surface area (Å²) in [6.45, 7) is 5.53. The molecule has 0 radical (unpaired) electrons. The smallest absolute Gasteiger partial charge is 0.423 e. The number of carbonyl (C=O) groups excluding carboxylic acids is 3. The van der Waals surface area contributed by atoms with Crippen molar-refractivity contribution in [2.24, 2.45) is 0 Å². The van der Waals surface area contributed by atoms with E-state index < -0.39 is 17.9 Å². The molecule has 120 valence electrons. The average molecular weight is 300 g/mol. The Morgan fingerprint density at radius 1 is 0.810 bits per heavy atom. The highest BCUT2D eigenvalue weighted by atomic mass is 16.6. The number of hydrogen-bond acceptors (Lipinski definition) is 6.